The van der Waals surface area contributed by atoms with Gasteiger partial charge in [-0.1, -0.05) is 30.3 Å². The van der Waals surface area contributed by atoms with Crippen molar-refractivity contribution < 1.29 is 14.2 Å². The highest BCUT2D eigenvalue weighted by Gasteiger charge is 2.42. The van der Waals surface area contributed by atoms with Crippen LogP contribution in [0.3, 0.4) is 0 Å². The third-order valence-electron chi connectivity index (χ3n) is 9.33. The second-order valence-electron chi connectivity index (χ2n) is 11.9. The Morgan fingerprint density at radius 1 is 0.949 bits per heavy atom. The number of rotatable bonds is 3. The molecule has 0 radical (unpaired) electrons. The Morgan fingerprint density at radius 2 is 1.79 bits per heavy atom. The van der Waals surface area contributed by atoms with Crippen LogP contribution in [-0.2, 0) is 4.74 Å². The van der Waals surface area contributed by atoms with E-state index in [1.165, 1.54) is 0 Å². The van der Waals surface area contributed by atoms with Crippen LogP contribution in [0.1, 0.15) is 25.7 Å². The topological polar surface area (TPSA) is 73.8 Å². The summed E-state index contributed by atoms with van der Waals surface area (Å²) in [6.45, 7) is 4.98. The molecule has 5 heterocycles. The summed E-state index contributed by atoms with van der Waals surface area (Å²) in [4.78, 5) is 14.6. The fourth-order valence-corrected chi connectivity index (χ4v) is 7.29. The van der Waals surface area contributed by atoms with Gasteiger partial charge in [0.25, 0.3) is 0 Å². The molecule has 0 aliphatic carbocycles. The van der Waals surface area contributed by atoms with Crippen molar-refractivity contribution in [1.82, 2.24) is 15.3 Å². The molecular weight excluding hydrogens is 493 g/mol. The fourth-order valence-electron chi connectivity index (χ4n) is 7.29. The number of hydrogen-bond donors (Lipinski definition) is 2. The smallest absolute Gasteiger partial charge is 0.228 e. The van der Waals surface area contributed by atoms with E-state index in [0.29, 0.717) is 34.7 Å². The van der Waals surface area contributed by atoms with E-state index in [1.54, 1.807) is 12.1 Å². The van der Waals surface area contributed by atoms with Crippen LogP contribution in [-0.4, -0.2) is 66.6 Å². The highest BCUT2D eigenvalue weighted by Crippen LogP contribution is 2.42. The van der Waals surface area contributed by atoms with Crippen LogP contribution < -0.4 is 15.1 Å². The number of benzene rings is 3. The number of aromatic nitrogens is 2. The quantitative estimate of drug-likeness (QED) is 0.396. The van der Waals surface area contributed by atoms with E-state index in [2.05, 4.69) is 15.1 Å². The normalized spacial score (nSPS) is 26.5. The van der Waals surface area contributed by atoms with Gasteiger partial charge >= 0.3 is 0 Å². The molecule has 8 rings (SSSR count). The summed E-state index contributed by atoms with van der Waals surface area (Å²) in [7, 11) is 0. The van der Waals surface area contributed by atoms with Crippen LogP contribution in [0.15, 0.2) is 48.5 Å². The predicted octanol–water partition coefficient (Wildman–Crippen LogP) is 4.85. The Hall–Kier alpha value is -3.49. The number of ether oxygens (including phenoxy) is 1. The van der Waals surface area contributed by atoms with Crippen molar-refractivity contribution in [2.75, 3.05) is 49.2 Å². The molecule has 3 aromatic carbocycles. The maximum absolute atomic E-state index is 16.6. The number of phenolic OH excluding ortho intramolecular Hbond substituents is 1. The molecule has 4 fully saturated rings. The standard InChI is InChI=1S/C31H32FN5O2/c32-27-24(26-14-22(38)13-19-3-1-2-4-23(19)26)7-8-25-28(27)34-30(36-11-9-31(17-36)10-12-39-18-31)35-29(25)37-15-20-5-6-21(16-37)33-20/h1-4,7-8,13-14,20-21,33,38H,5-6,9-12,15-18H2. The highest BCUT2D eigenvalue weighted by atomic mass is 19.1. The molecule has 1 spiro atoms. The summed E-state index contributed by atoms with van der Waals surface area (Å²) >= 11 is 0. The number of piperazine rings is 1. The van der Waals surface area contributed by atoms with Crippen molar-refractivity contribution >= 4 is 33.4 Å². The summed E-state index contributed by atoms with van der Waals surface area (Å²) < 4.78 is 22.4. The zero-order valence-corrected chi connectivity index (χ0v) is 21.9. The largest absolute Gasteiger partial charge is 0.508 e. The van der Waals surface area contributed by atoms with Crippen molar-refractivity contribution in [2.45, 2.75) is 37.8 Å². The van der Waals surface area contributed by atoms with E-state index < -0.39 is 0 Å². The zero-order valence-electron chi connectivity index (χ0n) is 21.9. The zero-order chi connectivity index (χ0) is 26.1. The number of hydrogen-bond acceptors (Lipinski definition) is 7. The van der Waals surface area contributed by atoms with Gasteiger partial charge in [0.1, 0.15) is 17.1 Å². The van der Waals surface area contributed by atoms with Gasteiger partial charge in [0.05, 0.1) is 6.61 Å². The monoisotopic (exact) mass is 525 g/mol. The number of phenols is 1. The minimum Gasteiger partial charge on any atom is -0.508 e. The molecule has 3 atom stereocenters. The summed E-state index contributed by atoms with van der Waals surface area (Å²) in [5, 5.41) is 16.7. The number of halogens is 1. The average Bonchev–Trinajstić information content (AvgIpc) is 3.68. The maximum Gasteiger partial charge on any atom is 0.228 e. The molecule has 4 aliphatic rings. The van der Waals surface area contributed by atoms with Gasteiger partial charge < -0.3 is 25.0 Å². The maximum atomic E-state index is 16.6. The van der Waals surface area contributed by atoms with Crippen LogP contribution in [0.2, 0.25) is 0 Å². The first kappa shape index (κ1) is 23.4. The van der Waals surface area contributed by atoms with E-state index in [1.807, 2.05) is 36.4 Å². The molecule has 1 aromatic heterocycles. The van der Waals surface area contributed by atoms with E-state index >= 15 is 4.39 Å². The lowest BCUT2D eigenvalue weighted by molar-refractivity contribution is 0.160. The van der Waals surface area contributed by atoms with Gasteiger partial charge in [-0.25, -0.2) is 9.37 Å². The highest BCUT2D eigenvalue weighted by molar-refractivity contribution is 6.01. The molecule has 200 valence electrons. The van der Waals surface area contributed by atoms with Crippen LogP contribution >= 0.6 is 0 Å². The predicted molar refractivity (Wildman–Crippen MR) is 151 cm³/mol. The minimum atomic E-state index is -0.371. The molecule has 7 nitrogen and oxygen atoms in total. The molecule has 39 heavy (non-hydrogen) atoms. The van der Waals surface area contributed by atoms with E-state index in [-0.39, 0.29) is 17.0 Å². The Balaban J connectivity index is 1.30. The number of nitrogens with one attached hydrogen (secondary N) is 1. The third-order valence-corrected chi connectivity index (χ3v) is 9.33. The number of fused-ring (bicyclic) bond motifs is 4. The molecule has 2 N–H and O–H groups in total. The molecule has 8 heteroatoms. The molecular formula is C31H32FN5O2. The molecule has 4 saturated heterocycles. The number of anilines is 2. The Labute approximate surface area is 226 Å². The first-order valence-electron chi connectivity index (χ1n) is 14.1. The molecule has 4 aliphatic heterocycles. The van der Waals surface area contributed by atoms with Gasteiger partial charge in [0, 0.05) is 61.2 Å². The van der Waals surface area contributed by atoms with Crippen LogP contribution in [0, 0.1) is 11.2 Å². The minimum absolute atomic E-state index is 0.115. The lowest BCUT2D eigenvalue weighted by atomic mass is 9.87. The summed E-state index contributed by atoms with van der Waals surface area (Å²) in [5.41, 5.74) is 1.59. The van der Waals surface area contributed by atoms with E-state index in [0.717, 1.165) is 87.1 Å². The van der Waals surface area contributed by atoms with Gasteiger partial charge in [-0.2, -0.15) is 4.98 Å². The number of aromatic hydroxyl groups is 1. The summed E-state index contributed by atoms with van der Waals surface area (Å²) in [5.74, 6) is 1.17. The summed E-state index contributed by atoms with van der Waals surface area (Å²) in [6, 6.07) is 15.8. The molecule has 3 unspecified atom stereocenters. The van der Waals surface area contributed by atoms with E-state index in [4.69, 9.17) is 14.7 Å². The van der Waals surface area contributed by atoms with Gasteiger partial charge in [-0.3, -0.25) is 0 Å². The molecule has 0 saturated carbocycles. The fraction of sp³-hybridized carbons (Fsp3) is 0.419. The van der Waals surface area contributed by atoms with Crippen LogP contribution in [0.5, 0.6) is 5.75 Å². The van der Waals surface area contributed by atoms with Crippen molar-refractivity contribution in [3.63, 3.8) is 0 Å². The first-order valence-corrected chi connectivity index (χ1v) is 14.1. The molecule has 0 amide bonds. The third kappa shape index (κ3) is 3.84. The van der Waals surface area contributed by atoms with E-state index in [9.17, 15) is 5.11 Å². The lowest BCUT2D eigenvalue weighted by Crippen LogP contribution is -2.51. The van der Waals surface area contributed by atoms with Crippen LogP contribution in [0.4, 0.5) is 16.2 Å². The second kappa shape index (κ2) is 8.76. The first-order chi connectivity index (χ1) is 19.1. The second-order valence-corrected chi connectivity index (χ2v) is 11.9. The van der Waals surface area contributed by atoms with Crippen LogP contribution in [0.25, 0.3) is 32.8 Å². The van der Waals surface area contributed by atoms with Crippen molar-refractivity contribution in [1.29, 1.82) is 0 Å². The van der Waals surface area contributed by atoms with Gasteiger partial charge in [-0.15, -0.1) is 0 Å². The van der Waals surface area contributed by atoms with Crippen molar-refractivity contribution in [2.24, 2.45) is 5.41 Å². The molecule has 4 aromatic rings. The summed E-state index contributed by atoms with van der Waals surface area (Å²) in [6.07, 6.45) is 4.41. The average molecular weight is 526 g/mol. The Bertz CT molecular complexity index is 1590. The number of nitrogens with zero attached hydrogens (tertiary/aromatic N) is 4. The Kier molecular flexibility index (Phi) is 5.26. The van der Waals surface area contributed by atoms with Gasteiger partial charge in [0.15, 0.2) is 5.82 Å². The molecule has 2 bridgehead atoms. The van der Waals surface area contributed by atoms with Gasteiger partial charge in [-0.05, 0) is 60.2 Å². The Morgan fingerprint density at radius 3 is 2.62 bits per heavy atom. The SMILES string of the molecule is Oc1cc(-c2ccc3c(N4CC5CCC(C4)N5)nc(N4CCC5(CCOC5)C4)nc3c2F)c2ccccc2c1. The van der Waals surface area contributed by atoms with Crippen molar-refractivity contribution in [3.8, 4) is 16.9 Å². The lowest BCUT2D eigenvalue weighted by Gasteiger charge is -2.35. The van der Waals surface area contributed by atoms with Gasteiger partial charge in [0.2, 0.25) is 5.95 Å². The van der Waals surface area contributed by atoms with Crippen molar-refractivity contribution in [3.05, 3.63) is 54.3 Å².